The topological polar surface area (TPSA) is 67.6 Å². The molecule has 0 spiro atoms. The molecule has 3 N–H and O–H groups in total. The summed E-state index contributed by atoms with van der Waals surface area (Å²) in [6.45, 7) is 4.22. The van der Waals surface area contributed by atoms with Gasteiger partial charge in [-0.25, -0.2) is 0 Å². The maximum absolute atomic E-state index is 11.5. The Bertz CT molecular complexity index is 462. The Hall–Kier alpha value is -1.59. The van der Waals surface area contributed by atoms with Crippen LogP contribution in [0.15, 0.2) is 24.3 Å². The summed E-state index contributed by atoms with van der Waals surface area (Å²) in [6, 6.07) is 8.07. The normalized spacial score (nSPS) is 19.9. The number of rotatable bonds is 4. The fraction of sp³-hybridized carbons (Fsp3) is 0.533. The van der Waals surface area contributed by atoms with Crippen LogP contribution in [0.1, 0.15) is 24.9 Å². The number of hydrogen-bond acceptors (Lipinski definition) is 4. The highest BCUT2D eigenvalue weighted by molar-refractivity contribution is 5.76. The lowest BCUT2D eigenvalue weighted by atomic mass is 9.98. The summed E-state index contributed by atoms with van der Waals surface area (Å²) in [5.41, 5.74) is 7.32. The fourth-order valence-electron chi connectivity index (χ4n) is 2.73. The van der Waals surface area contributed by atoms with Gasteiger partial charge < -0.3 is 15.8 Å². The van der Waals surface area contributed by atoms with Crippen molar-refractivity contribution in [1.29, 1.82) is 0 Å². The van der Waals surface area contributed by atoms with Crippen molar-refractivity contribution >= 4 is 5.91 Å². The molecule has 2 atom stereocenters. The summed E-state index contributed by atoms with van der Waals surface area (Å²) < 4.78 is 5.29. The van der Waals surface area contributed by atoms with Crippen LogP contribution < -0.4 is 15.8 Å². The summed E-state index contributed by atoms with van der Waals surface area (Å²) in [7, 11) is 1.66. The summed E-state index contributed by atoms with van der Waals surface area (Å²) >= 11 is 0. The smallest absolute Gasteiger partial charge is 0.221 e. The number of ether oxygens (including phenoxy) is 1. The SMILES string of the molecule is COc1cccc(C(C(C)N)N2CCNC(=O)CC2)c1. The Morgan fingerprint density at radius 3 is 2.90 bits per heavy atom. The van der Waals surface area contributed by atoms with Crippen molar-refractivity contribution in [3.63, 3.8) is 0 Å². The number of amides is 1. The lowest BCUT2D eigenvalue weighted by molar-refractivity contribution is -0.120. The molecule has 110 valence electrons. The molecular formula is C15H23N3O2. The first-order valence-corrected chi connectivity index (χ1v) is 7.02. The third kappa shape index (κ3) is 3.49. The van der Waals surface area contributed by atoms with Crippen molar-refractivity contribution in [1.82, 2.24) is 10.2 Å². The molecule has 20 heavy (non-hydrogen) atoms. The Morgan fingerprint density at radius 1 is 1.40 bits per heavy atom. The third-order valence-corrected chi connectivity index (χ3v) is 3.67. The monoisotopic (exact) mass is 277 g/mol. The van der Waals surface area contributed by atoms with Crippen molar-refractivity contribution in [3.05, 3.63) is 29.8 Å². The number of methoxy groups -OCH3 is 1. The number of nitrogens with zero attached hydrogens (tertiary/aromatic N) is 1. The van der Waals surface area contributed by atoms with Gasteiger partial charge in [-0.05, 0) is 24.6 Å². The minimum Gasteiger partial charge on any atom is -0.497 e. The van der Waals surface area contributed by atoms with E-state index in [9.17, 15) is 4.79 Å². The van der Waals surface area contributed by atoms with Crippen molar-refractivity contribution in [2.45, 2.75) is 25.4 Å². The highest BCUT2D eigenvalue weighted by atomic mass is 16.5. The van der Waals surface area contributed by atoms with Crippen LogP contribution in [0.25, 0.3) is 0 Å². The number of benzene rings is 1. The second-order valence-electron chi connectivity index (χ2n) is 5.22. The summed E-state index contributed by atoms with van der Waals surface area (Å²) in [5, 5.41) is 2.90. The molecule has 0 saturated carbocycles. The Morgan fingerprint density at radius 2 is 2.20 bits per heavy atom. The molecule has 2 unspecified atom stereocenters. The molecule has 1 heterocycles. The second kappa shape index (κ2) is 6.72. The molecular weight excluding hydrogens is 254 g/mol. The van der Waals surface area contributed by atoms with Gasteiger partial charge in [-0.3, -0.25) is 9.69 Å². The lowest BCUT2D eigenvalue weighted by Gasteiger charge is -2.33. The molecule has 1 aromatic rings. The molecule has 1 fully saturated rings. The number of carbonyl (C=O) groups excluding carboxylic acids is 1. The zero-order valence-electron chi connectivity index (χ0n) is 12.1. The molecule has 1 saturated heterocycles. The maximum atomic E-state index is 11.5. The van der Waals surface area contributed by atoms with Crippen molar-refractivity contribution in [2.75, 3.05) is 26.7 Å². The fourth-order valence-corrected chi connectivity index (χ4v) is 2.73. The zero-order chi connectivity index (χ0) is 14.5. The van der Waals surface area contributed by atoms with Crippen LogP contribution in [0.5, 0.6) is 5.75 Å². The first-order chi connectivity index (χ1) is 9.61. The van der Waals surface area contributed by atoms with Crippen LogP contribution in [0, 0.1) is 0 Å². The molecule has 1 aliphatic rings. The van der Waals surface area contributed by atoms with E-state index in [0.717, 1.165) is 24.4 Å². The third-order valence-electron chi connectivity index (χ3n) is 3.67. The largest absolute Gasteiger partial charge is 0.497 e. The van der Waals surface area contributed by atoms with Crippen LogP contribution in [0.3, 0.4) is 0 Å². The van der Waals surface area contributed by atoms with E-state index in [0.29, 0.717) is 13.0 Å². The molecule has 0 radical (unpaired) electrons. The van der Waals surface area contributed by atoms with E-state index in [-0.39, 0.29) is 18.0 Å². The highest BCUT2D eigenvalue weighted by Gasteiger charge is 2.26. The van der Waals surface area contributed by atoms with Gasteiger partial charge in [0.15, 0.2) is 0 Å². The lowest BCUT2D eigenvalue weighted by Crippen LogP contribution is -2.41. The minimum atomic E-state index is -0.0182. The molecule has 1 amide bonds. The van der Waals surface area contributed by atoms with E-state index in [1.54, 1.807) is 7.11 Å². The molecule has 1 aromatic carbocycles. The molecule has 0 bridgehead atoms. The van der Waals surface area contributed by atoms with Crippen LogP contribution in [0.4, 0.5) is 0 Å². The first-order valence-electron chi connectivity index (χ1n) is 7.02. The van der Waals surface area contributed by atoms with E-state index in [1.165, 1.54) is 0 Å². The summed E-state index contributed by atoms with van der Waals surface area (Å²) in [5.74, 6) is 0.943. The highest BCUT2D eigenvalue weighted by Crippen LogP contribution is 2.27. The number of carbonyl (C=O) groups is 1. The van der Waals surface area contributed by atoms with E-state index in [2.05, 4.69) is 16.3 Å². The summed E-state index contributed by atoms with van der Waals surface area (Å²) in [4.78, 5) is 13.7. The molecule has 2 rings (SSSR count). The number of nitrogens with one attached hydrogen (secondary N) is 1. The van der Waals surface area contributed by atoms with Crippen molar-refractivity contribution in [3.8, 4) is 5.75 Å². The van der Waals surface area contributed by atoms with Crippen LogP contribution in [-0.4, -0.2) is 43.6 Å². The van der Waals surface area contributed by atoms with Gasteiger partial charge >= 0.3 is 0 Å². The van der Waals surface area contributed by atoms with E-state index in [4.69, 9.17) is 10.5 Å². The number of hydrogen-bond donors (Lipinski definition) is 2. The van der Waals surface area contributed by atoms with Gasteiger partial charge in [-0.2, -0.15) is 0 Å². The molecule has 5 nitrogen and oxygen atoms in total. The maximum Gasteiger partial charge on any atom is 0.221 e. The van der Waals surface area contributed by atoms with Gasteiger partial charge in [-0.15, -0.1) is 0 Å². The van der Waals surface area contributed by atoms with Gasteiger partial charge in [-0.1, -0.05) is 12.1 Å². The van der Waals surface area contributed by atoms with Crippen LogP contribution >= 0.6 is 0 Å². The minimum absolute atomic E-state index is 0.0182. The molecule has 5 heteroatoms. The van der Waals surface area contributed by atoms with Gasteiger partial charge in [0, 0.05) is 38.1 Å². The van der Waals surface area contributed by atoms with E-state index < -0.39 is 0 Å². The van der Waals surface area contributed by atoms with Gasteiger partial charge in [0.25, 0.3) is 0 Å². The molecule has 0 aliphatic carbocycles. The predicted molar refractivity (Wildman–Crippen MR) is 78.6 cm³/mol. The van der Waals surface area contributed by atoms with E-state index in [1.807, 2.05) is 25.1 Å². The molecule has 0 aromatic heterocycles. The van der Waals surface area contributed by atoms with Crippen LogP contribution in [0.2, 0.25) is 0 Å². The van der Waals surface area contributed by atoms with Crippen molar-refractivity contribution in [2.24, 2.45) is 5.73 Å². The molecule has 1 aliphatic heterocycles. The van der Waals surface area contributed by atoms with Gasteiger partial charge in [0.05, 0.1) is 7.11 Å². The van der Waals surface area contributed by atoms with Crippen LogP contribution in [-0.2, 0) is 4.79 Å². The first kappa shape index (κ1) is 14.8. The second-order valence-corrected chi connectivity index (χ2v) is 5.22. The standard InChI is InChI=1S/C15H23N3O2/c1-11(16)15(12-4-3-5-13(10-12)20-2)18-8-6-14(19)17-7-9-18/h3-5,10-11,15H,6-9,16H2,1-2H3,(H,17,19). The average Bonchev–Trinajstić information content (AvgIpc) is 2.64. The van der Waals surface area contributed by atoms with Gasteiger partial charge in [0.1, 0.15) is 5.75 Å². The predicted octanol–water partition coefficient (Wildman–Crippen LogP) is 0.905. The zero-order valence-corrected chi connectivity index (χ0v) is 12.1. The Balaban J connectivity index is 2.23. The van der Waals surface area contributed by atoms with Crippen molar-refractivity contribution < 1.29 is 9.53 Å². The summed E-state index contributed by atoms with van der Waals surface area (Å²) in [6.07, 6.45) is 0.521. The van der Waals surface area contributed by atoms with Gasteiger partial charge in [0.2, 0.25) is 5.91 Å². The van der Waals surface area contributed by atoms with E-state index >= 15 is 0 Å². The number of nitrogens with two attached hydrogens (primary N) is 1. The Labute approximate surface area is 120 Å². The quantitative estimate of drug-likeness (QED) is 0.858. The Kier molecular flexibility index (Phi) is 4.98. The average molecular weight is 277 g/mol.